The van der Waals surface area contributed by atoms with Crippen LogP contribution in [0.1, 0.15) is 25.3 Å². The average molecular weight is 278 g/mol. The van der Waals surface area contributed by atoms with E-state index in [9.17, 15) is 0 Å². The number of quaternary nitrogens is 1. The molecule has 1 N–H and O–H groups in total. The second-order valence-electron chi connectivity index (χ2n) is 5.07. The van der Waals surface area contributed by atoms with Crippen molar-refractivity contribution < 1.29 is 9.64 Å². The minimum atomic E-state index is 0.723. The molecule has 0 bridgehead atoms. The number of benzene rings is 1. The van der Waals surface area contributed by atoms with Crippen molar-refractivity contribution in [2.45, 2.75) is 26.3 Å². The van der Waals surface area contributed by atoms with Gasteiger partial charge in [-0.25, -0.2) is 0 Å². The Morgan fingerprint density at radius 2 is 2.37 bits per heavy atom. The maximum absolute atomic E-state index is 6.34. The largest absolute Gasteiger partial charge is 0.443 e. The maximum atomic E-state index is 6.34. The number of rotatable bonds is 3. The molecule has 0 amide bonds. The molecule has 0 radical (unpaired) electrons. The lowest BCUT2D eigenvalue weighted by Gasteiger charge is -2.26. The number of ether oxygens (including phenoxy) is 1. The monoisotopic (exact) mass is 277 g/mol. The summed E-state index contributed by atoms with van der Waals surface area (Å²) in [5, 5.41) is 1.74. The van der Waals surface area contributed by atoms with Gasteiger partial charge in [-0.3, -0.25) is 9.88 Å². The van der Waals surface area contributed by atoms with E-state index in [1.807, 2.05) is 18.2 Å². The summed E-state index contributed by atoms with van der Waals surface area (Å²) >= 11 is 6.34. The van der Waals surface area contributed by atoms with E-state index < -0.39 is 0 Å². The highest BCUT2D eigenvalue weighted by Crippen LogP contribution is 2.34. The van der Waals surface area contributed by atoms with Gasteiger partial charge in [0.2, 0.25) is 6.73 Å². The van der Waals surface area contributed by atoms with Gasteiger partial charge < -0.3 is 4.74 Å². The summed E-state index contributed by atoms with van der Waals surface area (Å²) < 4.78 is 5.94. The molecule has 3 nitrogen and oxygen atoms in total. The first kappa shape index (κ1) is 12.7. The van der Waals surface area contributed by atoms with Crippen molar-refractivity contribution in [3.05, 3.63) is 35.0 Å². The predicted molar refractivity (Wildman–Crippen MR) is 76.7 cm³/mol. The zero-order valence-electron chi connectivity index (χ0n) is 11.1. The average Bonchev–Trinajstić information content (AvgIpc) is 2.45. The van der Waals surface area contributed by atoms with Gasteiger partial charge in [-0.1, -0.05) is 24.9 Å². The van der Waals surface area contributed by atoms with Crippen molar-refractivity contribution in [2.24, 2.45) is 0 Å². The molecule has 2 aromatic rings. The first-order chi connectivity index (χ1) is 9.29. The molecule has 4 heteroatoms. The van der Waals surface area contributed by atoms with Gasteiger partial charge in [0.25, 0.3) is 0 Å². The van der Waals surface area contributed by atoms with Gasteiger partial charge in [0.1, 0.15) is 12.1 Å². The first-order valence-electron chi connectivity index (χ1n) is 6.82. The number of halogens is 1. The van der Waals surface area contributed by atoms with E-state index in [1.54, 1.807) is 6.20 Å². The van der Waals surface area contributed by atoms with Crippen molar-refractivity contribution in [3.8, 4) is 5.75 Å². The lowest BCUT2D eigenvalue weighted by molar-refractivity contribution is -0.932. The third kappa shape index (κ3) is 2.40. The zero-order valence-corrected chi connectivity index (χ0v) is 11.8. The Bertz CT molecular complexity index is 600. The van der Waals surface area contributed by atoms with Crippen LogP contribution >= 0.6 is 11.6 Å². The van der Waals surface area contributed by atoms with Gasteiger partial charge in [0.15, 0.2) is 5.75 Å². The summed E-state index contributed by atoms with van der Waals surface area (Å²) in [4.78, 5) is 5.88. The van der Waals surface area contributed by atoms with Crippen LogP contribution in [0.15, 0.2) is 24.4 Å². The minimum Gasteiger partial charge on any atom is -0.443 e. The molecule has 1 aliphatic heterocycles. The molecule has 2 heterocycles. The van der Waals surface area contributed by atoms with Crippen molar-refractivity contribution in [3.63, 3.8) is 0 Å². The molecular formula is C15H18ClN2O+. The molecule has 1 aromatic heterocycles. The van der Waals surface area contributed by atoms with Crippen molar-refractivity contribution in [1.82, 2.24) is 4.98 Å². The second-order valence-corrected chi connectivity index (χ2v) is 5.47. The highest BCUT2D eigenvalue weighted by Gasteiger charge is 2.23. The summed E-state index contributed by atoms with van der Waals surface area (Å²) in [6.07, 6.45) is 4.24. The standard InChI is InChI=1S/C15H17ClN2O/c1-2-3-7-18-9-11-8-13(16)12-5-4-6-17-14(12)15(11)19-10-18/h4-6,8H,2-3,7,9-10H2,1H3/p+1. The molecule has 19 heavy (non-hydrogen) atoms. The lowest BCUT2D eigenvalue weighted by Crippen LogP contribution is -3.12. The Labute approximate surface area is 118 Å². The van der Waals surface area contributed by atoms with E-state index in [0.29, 0.717) is 0 Å². The smallest absolute Gasteiger partial charge is 0.222 e. The van der Waals surface area contributed by atoms with Gasteiger partial charge >= 0.3 is 0 Å². The molecule has 1 aromatic carbocycles. The summed E-state index contributed by atoms with van der Waals surface area (Å²) in [7, 11) is 0. The van der Waals surface area contributed by atoms with Crippen molar-refractivity contribution >= 4 is 22.5 Å². The van der Waals surface area contributed by atoms with E-state index in [-0.39, 0.29) is 0 Å². The molecule has 1 atom stereocenters. The van der Waals surface area contributed by atoms with E-state index in [1.165, 1.54) is 23.3 Å². The number of hydrogen-bond donors (Lipinski definition) is 1. The Kier molecular flexibility index (Phi) is 3.58. The molecule has 100 valence electrons. The number of hydrogen-bond acceptors (Lipinski definition) is 2. The van der Waals surface area contributed by atoms with Crippen LogP contribution in [0.2, 0.25) is 5.02 Å². The van der Waals surface area contributed by atoms with Gasteiger partial charge in [-0.05, 0) is 24.6 Å². The molecule has 0 saturated heterocycles. The van der Waals surface area contributed by atoms with Crippen LogP contribution in [-0.2, 0) is 6.54 Å². The summed E-state index contributed by atoms with van der Waals surface area (Å²) in [5.74, 6) is 0.917. The second kappa shape index (κ2) is 5.35. The van der Waals surface area contributed by atoms with Gasteiger partial charge in [-0.15, -0.1) is 0 Å². The van der Waals surface area contributed by atoms with Crippen LogP contribution in [0.4, 0.5) is 0 Å². The Morgan fingerprint density at radius 1 is 1.47 bits per heavy atom. The summed E-state index contributed by atoms with van der Waals surface area (Å²) in [6, 6.07) is 5.93. The number of fused-ring (bicyclic) bond motifs is 3. The molecule has 1 aliphatic rings. The number of aromatic nitrogens is 1. The van der Waals surface area contributed by atoms with Crippen LogP contribution in [-0.4, -0.2) is 18.3 Å². The Morgan fingerprint density at radius 3 is 3.21 bits per heavy atom. The van der Waals surface area contributed by atoms with E-state index >= 15 is 0 Å². The molecule has 0 aliphatic carbocycles. The van der Waals surface area contributed by atoms with Gasteiger partial charge in [0.05, 0.1) is 17.1 Å². The number of unbranched alkanes of at least 4 members (excludes halogenated alkanes) is 1. The van der Waals surface area contributed by atoms with E-state index in [2.05, 4.69) is 11.9 Å². The molecule has 1 unspecified atom stereocenters. The Hall–Kier alpha value is -1.32. The van der Waals surface area contributed by atoms with Crippen LogP contribution in [0, 0.1) is 0 Å². The summed E-state index contributed by atoms with van der Waals surface area (Å²) in [5.41, 5.74) is 2.06. The van der Waals surface area contributed by atoms with Gasteiger partial charge in [0, 0.05) is 11.6 Å². The number of nitrogens with one attached hydrogen (secondary N) is 1. The Balaban J connectivity index is 1.98. The van der Waals surface area contributed by atoms with Crippen molar-refractivity contribution in [2.75, 3.05) is 13.3 Å². The topological polar surface area (TPSA) is 26.6 Å². The fourth-order valence-electron chi connectivity index (χ4n) is 2.60. The fraction of sp³-hybridized carbons (Fsp3) is 0.400. The third-order valence-electron chi connectivity index (χ3n) is 3.62. The zero-order chi connectivity index (χ0) is 13.2. The summed E-state index contributed by atoms with van der Waals surface area (Å²) in [6.45, 7) is 5.06. The molecule has 3 rings (SSSR count). The number of nitrogens with zero attached hydrogens (tertiary/aromatic N) is 1. The normalized spacial score (nSPS) is 18.1. The number of pyridine rings is 1. The van der Waals surface area contributed by atoms with Crippen LogP contribution in [0.25, 0.3) is 10.9 Å². The maximum Gasteiger partial charge on any atom is 0.222 e. The highest BCUT2D eigenvalue weighted by molar-refractivity contribution is 6.35. The fourth-order valence-corrected chi connectivity index (χ4v) is 2.89. The predicted octanol–water partition coefficient (Wildman–Crippen LogP) is 2.42. The van der Waals surface area contributed by atoms with E-state index in [0.717, 1.165) is 41.5 Å². The van der Waals surface area contributed by atoms with Crippen LogP contribution in [0.3, 0.4) is 0 Å². The molecule has 0 spiro atoms. The lowest BCUT2D eigenvalue weighted by atomic mass is 10.1. The van der Waals surface area contributed by atoms with Crippen LogP contribution in [0.5, 0.6) is 5.75 Å². The molecule has 0 fully saturated rings. The van der Waals surface area contributed by atoms with Gasteiger partial charge in [-0.2, -0.15) is 0 Å². The third-order valence-corrected chi connectivity index (χ3v) is 3.93. The minimum absolute atomic E-state index is 0.723. The van der Waals surface area contributed by atoms with Crippen molar-refractivity contribution in [1.29, 1.82) is 0 Å². The first-order valence-corrected chi connectivity index (χ1v) is 7.20. The SMILES string of the molecule is CCCC[NH+]1COc2c(cc(Cl)c3cccnc23)C1. The quantitative estimate of drug-likeness (QED) is 0.933. The van der Waals surface area contributed by atoms with E-state index in [4.69, 9.17) is 16.3 Å². The molecular weight excluding hydrogens is 260 g/mol. The van der Waals surface area contributed by atoms with Crippen LogP contribution < -0.4 is 9.64 Å². The highest BCUT2D eigenvalue weighted by atomic mass is 35.5. The molecule has 0 saturated carbocycles.